The zero-order valence-electron chi connectivity index (χ0n) is 12.8. The van der Waals surface area contributed by atoms with Crippen molar-refractivity contribution >= 4 is 11.1 Å². The lowest BCUT2D eigenvalue weighted by atomic mass is 9.93. The molecule has 0 unspecified atom stereocenters. The SMILES string of the molecule is COc1ccc(O)c(C2=C(C)c3cc(OC)ccc3OC2)c1. The van der Waals surface area contributed by atoms with Gasteiger partial charge in [0.2, 0.25) is 0 Å². The molecule has 0 radical (unpaired) electrons. The maximum atomic E-state index is 10.2. The van der Waals surface area contributed by atoms with Crippen molar-refractivity contribution in [3.05, 3.63) is 47.5 Å². The molecule has 3 rings (SSSR count). The van der Waals surface area contributed by atoms with Crippen molar-refractivity contribution in [2.75, 3.05) is 20.8 Å². The van der Waals surface area contributed by atoms with Crippen LogP contribution in [0, 0.1) is 0 Å². The number of benzene rings is 2. The minimum Gasteiger partial charge on any atom is -0.507 e. The molecule has 2 aromatic carbocycles. The second-order valence-electron chi connectivity index (χ2n) is 5.14. The van der Waals surface area contributed by atoms with Gasteiger partial charge in [-0.2, -0.15) is 0 Å². The number of hydrogen-bond acceptors (Lipinski definition) is 4. The molecule has 0 atom stereocenters. The molecular weight excluding hydrogens is 280 g/mol. The van der Waals surface area contributed by atoms with Crippen LogP contribution in [0.4, 0.5) is 0 Å². The highest BCUT2D eigenvalue weighted by Gasteiger charge is 2.21. The predicted octanol–water partition coefficient (Wildman–Crippen LogP) is 3.73. The molecule has 0 saturated heterocycles. The first-order chi connectivity index (χ1) is 10.6. The van der Waals surface area contributed by atoms with Gasteiger partial charge < -0.3 is 19.3 Å². The summed E-state index contributed by atoms with van der Waals surface area (Å²) in [5, 5.41) is 10.2. The average molecular weight is 298 g/mol. The first kappa shape index (κ1) is 14.3. The van der Waals surface area contributed by atoms with Crippen LogP contribution in [-0.2, 0) is 0 Å². The highest BCUT2D eigenvalue weighted by Crippen LogP contribution is 2.41. The summed E-state index contributed by atoms with van der Waals surface area (Å²) in [6.07, 6.45) is 0. The summed E-state index contributed by atoms with van der Waals surface area (Å²) in [6.45, 7) is 2.43. The Morgan fingerprint density at radius 1 is 0.955 bits per heavy atom. The van der Waals surface area contributed by atoms with Gasteiger partial charge in [0.15, 0.2) is 0 Å². The van der Waals surface area contributed by atoms with Crippen LogP contribution in [0.1, 0.15) is 18.1 Å². The van der Waals surface area contributed by atoms with Crippen LogP contribution < -0.4 is 14.2 Å². The number of hydrogen-bond donors (Lipinski definition) is 1. The smallest absolute Gasteiger partial charge is 0.127 e. The molecule has 0 aliphatic carbocycles. The summed E-state index contributed by atoms with van der Waals surface area (Å²) in [5.41, 5.74) is 3.70. The molecule has 1 aliphatic rings. The van der Waals surface area contributed by atoms with Crippen LogP contribution >= 0.6 is 0 Å². The van der Waals surface area contributed by atoms with Crippen LogP contribution in [-0.4, -0.2) is 25.9 Å². The number of phenolic OH excluding ortho intramolecular Hbond substituents is 1. The Morgan fingerprint density at radius 3 is 2.27 bits per heavy atom. The summed E-state index contributed by atoms with van der Waals surface area (Å²) in [7, 11) is 3.24. The number of aromatic hydroxyl groups is 1. The van der Waals surface area contributed by atoms with Gasteiger partial charge in [0.1, 0.15) is 29.6 Å². The van der Waals surface area contributed by atoms with E-state index in [-0.39, 0.29) is 5.75 Å². The molecule has 0 amide bonds. The third kappa shape index (κ3) is 2.37. The van der Waals surface area contributed by atoms with Gasteiger partial charge in [-0.3, -0.25) is 0 Å². The summed E-state index contributed by atoms with van der Waals surface area (Å²) < 4.78 is 16.4. The van der Waals surface area contributed by atoms with E-state index in [4.69, 9.17) is 14.2 Å². The van der Waals surface area contributed by atoms with Crippen LogP contribution in [0.25, 0.3) is 11.1 Å². The molecule has 0 bridgehead atoms. The summed E-state index contributed by atoms with van der Waals surface area (Å²) in [5.74, 6) is 2.51. The van der Waals surface area contributed by atoms with Gasteiger partial charge in [0.25, 0.3) is 0 Å². The van der Waals surface area contributed by atoms with Gasteiger partial charge in [-0.1, -0.05) is 0 Å². The Labute approximate surface area is 129 Å². The fourth-order valence-corrected chi connectivity index (χ4v) is 2.64. The lowest BCUT2D eigenvalue weighted by molar-refractivity contribution is 0.361. The molecule has 0 aromatic heterocycles. The van der Waals surface area contributed by atoms with E-state index in [1.165, 1.54) is 0 Å². The quantitative estimate of drug-likeness (QED) is 0.938. The van der Waals surface area contributed by atoms with E-state index in [0.717, 1.165) is 33.8 Å². The maximum Gasteiger partial charge on any atom is 0.127 e. The Bertz CT molecular complexity index is 747. The third-order valence-electron chi connectivity index (χ3n) is 3.94. The summed E-state index contributed by atoms with van der Waals surface area (Å²) >= 11 is 0. The summed E-state index contributed by atoms with van der Waals surface area (Å²) in [6, 6.07) is 10.9. The molecule has 0 saturated carbocycles. The molecule has 22 heavy (non-hydrogen) atoms. The molecule has 1 heterocycles. The zero-order chi connectivity index (χ0) is 15.7. The highest BCUT2D eigenvalue weighted by atomic mass is 16.5. The zero-order valence-corrected chi connectivity index (χ0v) is 12.8. The van der Waals surface area contributed by atoms with Crippen molar-refractivity contribution in [2.45, 2.75) is 6.92 Å². The Kier molecular flexibility index (Phi) is 3.67. The van der Waals surface area contributed by atoms with E-state index in [2.05, 4.69) is 0 Å². The average Bonchev–Trinajstić information content (AvgIpc) is 2.56. The van der Waals surface area contributed by atoms with Gasteiger partial charge in [0, 0.05) is 16.7 Å². The normalized spacial score (nSPS) is 13.4. The number of methoxy groups -OCH3 is 2. The molecule has 4 nitrogen and oxygen atoms in total. The Hall–Kier alpha value is -2.62. The van der Waals surface area contributed by atoms with E-state index < -0.39 is 0 Å². The topological polar surface area (TPSA) is 47.9 Å². The fourth-order valence-electron chi connectivity index (χ4n) is 2.64. The van der Waals surface area contributed by atoms with Gasteiger partial charge >= 0.3 is 0 Å². The number of phenols is 1. The second kappa shape index (κ2) is 5.64. The third-order valence-corrected chi connectivity index (χ3v) is 3.94. The van der Waals surface area contributed by atoms with Crippen molar-refractivity contribution in [2.24, 2.45) is 0 Å². The molecule has 0 fully saturated rings. The van der Waals surface area contributed by atoms with Gasteiger partial charge in [-0.05, 0) is 48.9 Å². The van der Waals surface area contributed by atoms with E-state index >= 15 is 0 Å². The largest absolute Gasteiger partial charge is 0.507 e. The molecule has 114 valence electrons. The second-order valence-corrected chi connectivity index (χ2v) is 5.14. The van der Waals surface area contributed by atoms with Crippen molar-refractivity contribution in [1.29, 1.82) is 0 Å². The molecule has 0 spiro atoms. The van der Waals surface area contributed by atoms with Gasteiger partial charge in [-0.15, -0.1) is 0 Å². The lowest BCUT2D eigenvalue weighted by Gasteiger charge is -2.23. The van der Waals surface area contributed by atoms with Crippen molar-refractivity contribution in [3.63, 3.8) is 0 Å². The van der Waals surface area contributed by atoms with E-state index in [1.807, 2.05) is 31.2 Å². The van der Waals surface area contributed by atoms with Crippen LogP contribution in [0.3, 0.4) is 0 Å². The standard InChI is InChI=1S/C18H18O4/c1-11-14-8-13(21-3)5-7-18(14)22-10-16(11)15-9-12(20-2)4-6-17(15)19/h4-9,19H,10H2,1-3H3. The minimum atomic E-state index is 0.213. The molecule has 1 N–H and O–H groups in total. The molecule has 4 heteroatoms. The Morgan fingerprint density at radius 2 is 1.59 bits per heavy atom. The van der Waals surface area contributed by atoms with Gasteiger partial charge in [0.05, 0.1) is 14.2 Å². The van der Waals surface area contributed by atoms with Crippen LogP contribution in [0.2, 0.25) is 0 Å². The summed E-state index contributed by atoms with van der Waals surface area (Å²) in [4.78, 5) is 0. The number of fused-ring (bicyclic) bond motifs is 1. The monoisotopic (exact) mass is 298 g/mol. The van der Waals surface area contributed by atoms with Crippen LogP contribution in [0.15, 0.2) is 36.4 Å². The van der Waals surface area contributed by atoms with Crippen molar-refractivity contribution in [1.82, 2.24) is 0 Å². The maximum absolute atomic E-state index is 10.2. The Balaban J connectivity index is 2.14. The van der Waals surface area contributed by atoms with Crippen LogP contribution in [0.5, 0.6) is 23.0 Å². The van der Waals surface area contributed by atoms with E-state index in [9.17, 15) is 5.11 Å². The predicted molar refractivity (Wildman–Crippen MR) is 85.6 cm³/mol. The number of allylic oxidation sites excluding steroid dienone is 1. The van der Waals surface area contributed by atoms with Crippen molar-refractivity contribution < 1.29 is 19.3 Å². The first-order valence-corrected chi connectivity index (χ1v) is 7.02. The van der Waals surface area contributed by atoms with Gasteiger partial charge in [-0.25, -0.2) is 0 Å². The minimum absolute atomic E-state index is 0.213. The van der Waals surface area contributed by atoms with Crippen molar-refractivity contribution in [3.8, 4) is 23.0 Å². The fraction of sp³-hybridized carbons (Fsp3) is 0.222. The van der Waals surface area contributed by atoms with E-state index in [1.54, 1.807) is 26.4 Å². The first-order valence-electron chi connectivity index (χ1n) is 7.02. The molecule has 2 aromatic rings. The van der Waals surface area contributed by atoms with E-state index in [0.29, 0.717) is 12.4 Å². The highest BCUT2D eigenvalue weighted by molar-refractivity contribution is 5.95. The number of rotatable bonds is 3. The molecular formula is C18H18O4. The number of ether oxygens (including phenoxy) is 3. The lowest BCUT2D eigenvalue weighted by Crippen LogP contribution is -2.10. The molecule has 1 aliphatic heterocycles.